The van der Waals surface area contributed by atoms with Crippen LogP contribution in [-0.2, 0) is 22.6 Å². The fraction of sp³-hybridized carbons (Fsp3) is 0.562. The molecule has 0 unspecified atom stereocenters. The minimum atomic E-state index is -0.736. The molecule has 1 spiro atoms. The van der Waals surface area contributed by atoms with Gasteiger partial charge in [0.15, 0.2) is 0 Å². The van der Waals surface area contributed by atoms with E-state index in [2.05, 4.69) is 5.32 Å². The second-order valence-electron chi connectivity index (χ2n) is 6.54. The molecule has 3 aliphatic rings. The third-order valence-electron chi connectivity index (χ3n) is 5.16. The lowest BCUT2D eigenvalue weighted by Crippen LogP contribution is -2.46. The molecule has 1 aromatic heterocycles. The number of nitrogens with one attached hydrogen (secondary N) is 1. The van der Waals surface area contributed by atoms with Crippen LogP contribution in [0.1, 0.15) is 36.1 Å². The monoisotopic (exact) mass is 333 g/mol. The topological polar surface area (TPSA) is 69.7 Å². The third-order valence-corrected chi connectivity index (χ3v) is 6.18. The maximum atomic E-state index is 12.6. The smallest absolute Gasteiger partial charge is 0.325 e. The van der Waals surface area contributed by atoms with Gasteiger partial charge in [-0.05, 0) is 36.3 Å². The van der Waals surface area contributed by atoms with Crippen molar-refractivity contribution in [3.05, 3.63) is 21.9 Å². The van der Waals surface area contributed by atoms with Gasteiger partial charge in [-0.15, -0.1) is 11.3 Å². The zero-order chi connectivity index (χ0) is 16.0. The Labute approximate surface area is 138 Å². The summed E-state index contributed by atoms with van der Waals surface area (Å²) in [4.78, 5) is 41.5. The van der Waals surface area contributed by atoms with Crippen molar-refractivity contribution < 1.29 is 14.4 Å². The normalized spacial score (nSPS) is 22.6. The molecule has 122 valence electrons. The molecule has 2 aliphatic heterocycles. The summed E-state index contributed by atoms with van der Waals surface area (Å²) in [5, 5.41) is 4.86. The summed E-state index contributed by atoms with van der Waals surface area (Å²) < 4.78 is 0. The van der Waals surface area contributed by atoms with E-state index in [1.165, 1.54) is 10.4 Å². The van der Waals surface area contributed by atoms with Crippen molar-refractivity contribution >= 4 is 29.2 Å². The van der Waals surface area contributed by atoms with Gasteiger partial charge in [-0.1, -0.05) is 12.8 Å². The molecule has 1 aliphatic carbocycles. The van der Waals surface area contributed by atoms with E-state index in [4.69, 9.17) is 0 Å². The van der Waals surface area contributed by atoms with Crippen molar-refractivity contribution in [1.82, 2.24) is 15.1 Å². The molecule has 1 N–H and O–H groups in total. The Morgan fingerprint density at radius 1 is 1.30 bits per heavy atom. The highest BCUT2D eigenvalue weighted by Gasteiger charge is 2.52. The average Bonchev–Trinajstić information content (AvgIpc) is 3.24. The Balaban J connectivity index is 1.45. The molecule has 1 aromatic rings. The van der Waals surface area contributed by atoms with Gasteiger partial charge < -0.3 is 10.2 Å². The number of hydrogen-bond donors (Lipinski definition) is 1. The summed E-state index contributed by atoms with van der Waals surface area (Å²) in [6, 6.07) is 1.62. The van der Waals surface area contributed by atoms with E-state index in [9.17, 15) is 14.4 Å². The second kappa shape index (κ2) is 5.33. The standard InChI is InChI=1S/C16H19N3O3S/c20-13(18-7-3-12-11(9-18)4-8-23-12)10-19-14(21)16(17-15(19)22)5-1-2-6-16/h4,8H,1-3,5-7,9-10H2,(H,17,22). The second-order valence-corrected chi connectivity index (χ2v) is 7.55. The number of carbonyl (C=O) groups is 3. The van der Waals surface area contributed by atoms with E-state index < -0.39 is 11.6 Å². The quantitative estimate of drug-likeness (QED) is 0.834. The number of imide groups is 1. The lowest BCUT2D eigenvalue weighted by atomic mass is 9.98. The molecule has 0 bridgehead atoms. The van der Waals surface area contributed by atoms with Crippen LogP contribution < -0.4 is 5.32 Å². The van der Waals surface area contributed by atoms with E-state index in [1.807, 2.05) is 11.4 Å². The van der Waals surface area contributed by atoms with Gasteiger partial charge in [-0.2, -0.15) is 0 Å². The van der Waals surface area contributed by atoms with Gasteiger partial charge in [0.05, 0.1) is 0 Å². The predicted molar refractivity (Wildman–Crippen MR) is 84.9 cm³/mol. The van der Waals surface area contributed by atoms with Crippen LogP contribution in [0.4, 0.5) is 4.79 Å². The van der Waals surface area contributed by atoms with Crippen molar-refractivity contribution in [2.45, 2.75) is 44.2 Å². The van der Waals surface area contributed by atoms with E-state index >= 15 is 0 Å². The number of hydrogen-bond acceptors (Lipinski definition) is 4. The van der Waals surface area contributed by atoms with E-state index in [-0.39, 0.29) is 18.4 Å². The molecule has 1 saturated carbocycles. The van der Waals surface area contributed by atoms with Gasteiger partial charge in [0.1, 0.15) is 12.1 Å². The van der Waals surface area contributed by atoms with Crippen LogP contribution in [0.15, 0.2) is 11.4 Å². The number of rotatable bonds is 2. The molecule has 0 aromatic carbocycles. The van der Waals surface area contributed by atoms with Gasteiger partial charge in [0.25, 0.3) is 5.91 Å². The highest BCUT2D eigenvalue weighted by Crippen LogP contribution is 2.35. The molecule has 0 atom stereocenters. The summed E-state index contributed by atoms with van der Waals surface area (Å²) in [5.41, 5.74) is 0.443. The van der Waals surface area contributed by atoms with Crippen molar-refractivity contribution in [2.24, 2.45) is 0 Å². The molecule has 7 heteroatoms. The van der Waals surface area contributed by atoms with Crippen LogP contribution in [0.25, 0.3) is 0 Å². The first-order valence-electron chi connectivity index (χ1n) is 8.06. The van der Waals surface area contributed by atoms with Gasteiger partial charge in [-0.25, -0.2) is 4.79 Å². The lowest BCUT2D eigenvalue weighted by molar-refractivity contribution is -0.139. The Morgan fingerprint density at radius 3 is 2.87 bits per heavy atom. The highest BCUT2D eigenvalue weighted by molar-refractivity contribution is 7.10. The van der Waals surface area contributed by atoms with Crippen molar-refractivity contribution in [2.75, 3.05) is 13.1 Å². The molecule has 4 rings (SSSR count). The molecule has 1 saturated heterocycles. The molecule has 6 nitrogen and oxygen atoms in total. The molecular weight excluding hydrogens is 314 g/mol. The number of nitrogens with zero attached hydrogens (tertiary/aromatic N) is 2. The summed E-state index contributed by atoms with van der Waals surface area (Å²) >= 11 is 1.72. The number of carbonyl (C=O) groups excluding carboxylic acids is 3. The van der Waals surface area contributed by atoms with Crippen molar-refractivity contribution in [3.63, 3.8) is 0 Å². The van der Waals surface area contributed by atoms with Crippen molar-refractivity contribution in [3.8, 4) is 0 Å². The first kappa shape index (κ1) is 14.7. The fourth-order valence-corrected chi connectivity index (χ4v) is 4.72. The minimum absolute atomic E-state index is 0.147. The maximum absolute atomic E-state index is 12.6. The lowest BCUT2D eigenvalue weighted by Gasteiger charge is -2.28. The predicted octanol–water partition coefficient (Wildman–Crippen LogP) is 1.50. The minimum Gasteiger partial charge on any atom is -0.336 e. The number of urea groups is 1. The molecular formula is C16H19N3O3S. The first-order valence-corrected chi connectivity index (χ1v) is 8.94. The zero-order valence-corrected chi connectivity index (χ0v) is 13.7. The summed E-state index contributed by atoms with van der Waals surface area (Å²) in [6.45, 7) is 1.08. The molecule has 4 amide bonds. The zero-order valence-electron chi connectivity index (χ0n) is 12.8. The van der Waals surface area contributed by atoms with Gasteiger partial charge in [0, 0.05) is 18.0 Å². The SMILES string of the molecule is O=C(CN1C(=O)NC2(CCCC2)C1=O)N1CCc2sccc2C1. The summed E-state index contributed by atoms with van der Waals surface area (Å²) in [6.07, 6.45) is 4.11. The summed E-state index contributed by atoms with van der Waals surface area (Å²) in [7, 11) is 0. The first-order chi connectivity index (χ1) is 11.1. The average molecular weight is 333 g/mol. The van der Waals surface area contributed by atoms with Crippen LogP contribution in [0.5, 0.6) is 0 Å². The molecule has 0 radical (unpaired) electrons. The van der Waals surface area contributed by atoms with Crippen LogP contribution in [0.3, 0.4) is 0 Å². The Hall–Kier alpha value is -1.89. The number of thiophene rings is 1. The van der Waals surface area contributed by atoms with Gasteiger partial charge >= 0.3 is 6.03 Å². The van der Waals surface area contributed by atoms with Crippen LogP contribution in [0.2, 0.25) is 0 Å². The van der Waals surface area contributed by atoms with E-state index in [0.717, 1.165) is 24.2 Å². The largest absolute Gasteiger partial charge is 0.336 e. The Bertz CT molecular complexity index is 678. The third kappa shape index (κ3) is 2.34. The number of amides is 4. The van der Waals surface area contributed by atoms with Crippen molar-refractivity contribution in [1.29, 1.82) is 0 Å². The van der Waals surface area contributed by atoms with Crippen LogP contribution in [0, 0.1) is 0 Å². The van der Waals surface area contributed by atoms with Crippen LogP contribution in [-0.4, -0.2) is 46.3 Å². The highest BCUT2D eigenvalue weighted by atomic mass is 32.1. The Morgan fingerprint density at radius 2 is 2.09 bits per heavy atom. The Kier molecular flexibility index (Phi) is 3.41. The van der Waals surface area contributed by atoms with Gasteiger partial charge in [0.2, 0.25) is 5.91 Å². The molecule has 3 heterocycles. The molecule has 2 fully saturated rings. The molecule has 23 heavy (non-hydrogen) atoms. The van der Waals surface area contributed by atoms with E-state index in [0.29, 0.717) is 25.9 Å². The fourth-order valence-electron chi connectivity index (χ4n) is 3.83. The van der Waals surface area contributed by atoms with E-state index in [1.54, 1.807) is 16.2 Å². The summed E-state index contributed by atoms with van der Waals surface area (Å²) in [5.74, 6) is -0.373. The van der Waals surface area contributed by atoms with Crippen LogP contribution >= 0.6 is 11.3 Å². The number of fused-ring (bicyclic) bond motifs is 1. The maximum Gasteiger partial charge on any atom is 0.325 e. The van der Waals surface area contributed by atoms with Gasteiger partial charge in [-0.3, -0.25) is 14.5 Å².